The van der Waals surface area contributed by atoms with Gasteiger partial charge in [-0.1, -0.05) is 0 Å². The van der Waals surface area contributed by atoms with Gasteiger partial charge in [-0.05, 0) is 25.7 Å². The summed E-state index contributed by atoms with van der Waals surface area (Å²) in [6.45, 7) is -0.823. The van der Waals surface area contributed by atoms with Crippen LogP contribution in [0.4, 0.5) is 13.2 Å². The highest BCUT2D eigenvalue weighted by Gasteiger charge is 2.40. The molecule has 2 heterocycles. The molecule has 0 unspecified atom stereocenters. The number of nitrogens with zero attached hydrogens (tertiary/aromatic N) is 5. The molecule has 1 aromatic heterocycles. The van der Waals surface area contributed by atoms with Crippen LogP contribution in [0.1, 0.15) is 6.42 Å². The topological polar surface area (TPSA) is 46.3 Å². The van der Waals surface area contributed by atoms with E-state index in [0.29, 0.717) is 11.2 Å². The fraction of sp³-hybridized carbons (Fsp3) is 0.727. The Morgan fingerprint density at radius 1 is 1.52 bits per heavy atom. The Kier molecular flexibility index (Phi) is 4.38. The van der Waals surface area contributed by atoms with Crippen molar-refractivity contribution in [3.8, 4) is 0 Å². The highest BCUT2D eigenvalue weighted by Crippen LogP contribution is 2.23. The molecule has 0 aliphatic carbocycles. The van der Waals surface area contributed by atoms with Crippen LogP contribution >= 0.6 is 12.2 Å². The highest BCUT2D eigenvalue weighted by molar-refractivity contribution is 7.71. The zero-order valence-electron chi connectivity index (χ0n) is 11.7. The summed E-state index contributed by atoms with van der Waals surface area (Å²) >= 11 is 5.14. The Morgan fingerprint density at radius 3 is 2.71 bits per heavy atom. The number of hydrogen-bond acceptors (Lipinski definition) is 4. The SMILES string of the molecule is CN(Cn1ncn(C)c1=S)[C@@H]1CCN(CC(F)(F)F)C1=O. The number of carbonyl (C=O) groups is 1. The van der Waals surface area contributed by atoms with E-state index in [1.807, 2.05) is 0 Å². The van der Waals surface area contributed by atoms with Crippen LogP contribution in [-0.2, 0) is 18.5 Å². The largest absolute Gasteiger partial charge is 0.406 e. The van der Waals surface area contributed by atoms with E-state index in [9.17, 15) is 18.0 Å². The molecule has 1 aliphatic heterocycles. The van der Waals surface area contributed by atoms with Gasteiger partial charge in [-0.3, -0.25) is 9.69 Å². The van der Waals surface area contributed by atoms with E-state index in [4.69, 9.17) is 12.2 Å². The molecule has 0 aromatic carbocycles. The molecule has 1 aromatic rings. The van der Waals surface area contributed by atoms with Gasteiger partial charge in [0, 0.05) is 13.6 Å². The van der Waals surface area contributed by atoms with Crippen molar-refractivity contribution in [1.29, 1.82) is 0 Å². The van der Waals surface area contributed by atoms with E-state index in [-0.39, 0.29) is 13.2 Å². The molecule has 118 valence electrons. The molecule has 0 radical (unpaired) electrons. The third-order valence-corrected chi connectivity index (χ3v) is 3.91. The van der Waals surface area contributed by atoms with Crippen LogP contribution in [0.5, 0.6) is 0 Å². The third-order valence-electron chi connectivity index (χ3n) is 3.42. The first-order valence-electron chi connectivity index (χ1n) is 6.33. The van der Waals surface area contributed by atoms with Gasteiger partial charge in [0.15, 0.2) is 4.77 Å². The fourth-order valence-electron chi connectivity index (χ4n) is 2.33. The van der Waals surface area contributed by atoms with Crippen LogP contribution in [-0.4, -0.2) is 62.4 Å². The number of hydrogen-bond donors (Lipinski definition) is 0. The lowest BCUT2D eigenvalue weighted by Crippen LogP contribution is -2.43. The summed E-state index contributed by atoms with van der Waals surface area (Å²) < 4.78 is 40.8. The van der Waals surface area contributed by atoms with Crippen LogP contribution in [0.15, 0.2) is 6.33 Å². The van der Waals surface area contributed by atoms with E-state index < -0.39 is 24.7 Å². The van der Waals surface area contributed by atoms with Crippen molar-refractivity contribution in [2.75, 3.05) is 20.1 Å². The summed E-state index contributed by atoms with van der Waals surface area (Å²) in [6, 6.07) is -0.573. The monoisotopic (exact) mass is 323 g/mol. The first-order chi connectivity index (χ1) is 9.69. The average Bonchev–Trinajstić information content (AvgIpc) is 2.86. The van der Waals surface area contributed by atoms with Gasteiger partial charge in [0.05, 0.1) is 12.7 Å². The van der Waals surface area contributed by atoms with Crippen molar-refractivity contribution in [1.82, 2.24) is 24.1 Å². The summed E-state index contributed by atoms with van der Waals surface area (Å²) in [5, 5.41) is 4.06. The number of amides is 1. The maximum Gasteiger partial charge on any atom is 0.406 e. The zero-order valence-corrected chi connectivity index (χ0v) is 12.5. The van der Waals surface area contributed by atoms with Gasteiger partial charge in [-0.15, -0.1) is 0 Å². The molecule has 0 saturated carbocycles. The van der Waals surface area contributed by atoms with Crippen molar-refractivity contribution in [2.45, 2.75) is 25.3 Å². The normalized spacial score (nSPS) is 19.8. The number of aromatic nitrogens is 3. The molecule has 2 rings (SSSR count). The van der Waals surface area contributed by atoms with Crippen molar-refractivity contribution in [3.63, 3.8) is 0 Å². The minimum absolute atomic E-state index is 0.112. The summed E-state index contributed by atoms with van der Waals surface area (Å²) in [6.07, 6.45) is -2.46. The van der Waals surface area contributed by atoms with Gasteiger partial charge in [-0.2, -0.15) is 18.3 Å². The van der Waals surface area contributed by atoms with Crippen molar-refractivity contribution in [3.05, 3.63) is 11.1 Å². The number of rotatable bonds is 4. The highest BCUT2D eigenvalue weighted by atomic mass is 32.1. The van der Waals surface area contributed by atoms with Gasteiger partial charge in [0.25, 0.3) is 0 Å². The smallest absolute Gasteiger partial charge is 0.332 e. The summed E-state index contributed by atoms with van der Waals surface area (Å²) in [5.41, 5.74) is 0. The number of aryl methyl sites for hydroxylation is 1. The van der Waals surface area contributed by atoms with E-state index in [1.165, 1.54) is 4.68 Å². The minimum Gasteiger partial charge on any atom is -0.332 e. The second-order valence-electron chi connectivity index (χ2n) is 5.10. The Hall–Kier alpha value is -1.42. The minimum atomic E-state index is -4.37. The summed E-state index contributed by atoms with van der Waals surface area (Å²) in [5.74, 6) is -0.503. The van der Waals surface area contributed by atoms with E-state index >= 15 is 0 Å². The van der Waals surface area contributed by atoms with Crippen molar-refractivity contribution in [2.24, 2.45) is 7.05 Å². The number of likely N-dealkylation sites (tertiary alicyclic amines) is 1. The van der Waals surface area contributed by atoms with Crippen LogP contribution in [0.25, 0.3) is 0 Å². The van der Waals surface area contributed by atoms with Gasteiger partial charge in [-0.25, -0.2) is 4.68 Å². The predicted molar refractivity (Wildman–Crippen MR) is 70.8 cm³/mol. The van der Waals surface area contributed by atoms with Gasteiger partial charge in [0.2, 0.25) is 5.91 Å². The quantitative estimate of drug-likeness (QED) is 0.776. The first-order valence-corrected chi connectivity index (χ1v) is 6.74. The maximum absolute atomic E-state index is 12.4. The lowest BCUT2D eigenvalue weighted by molar-refractivity contribution is -0.159. The lowest BCUT2D eigenvalue weighted by Gasteiger charge is -2.23. The molecule has 10 heteroatoms. The molecule has 1 fully saturated rings. The molecule has 1 aliphatic rings. The van der Waals surface area contributed by atoms with Gasteiger partial charge >= 0.3 is 6.18 Å². The Bertz CT molecular complexity index is 581. The van der Waals surface area contributed by atoms with E-state index in [2.05, 4.69) is 5.10 Å². The van der Waals surface area contributed by atoms with Crippen LogP contribution in [0.2, 0.25) is 0 Å². The Balaban J connectivity index is 2.01. The van der Waals surface area contributed by atoms with E-state index in [1.54, 1.807) is 29.9 Å². The fourth-order valence-corrected chi connectivity index (χ4v) is 2.48. The molecule has 0 N–H and O–H groups in total. The van der Waals surface area contributed by atoms with Gasteiger partial charge < -0.3 is 9.47 Å². The molecule has 1 saturated heterocycles. The van der Waals surface area contributed by atoms with Crippen LogP contribution < -0.4 is 0 Å². The molecular formula is C11H16F3N5OS. The summed E-state index contributed by atoms with van der Waals surface area (Å²) in [4.78, 5) is 14.5. The second-order valence-corrected chi connectivity index (χ2v) is 5.47. The second kappa shape index (κ2) is 5.76. The molecule has 0 bridgehead atoms. The predicted octanol–water partition coefficient (Wildman–Crippen LogP) is 1.00. The standard InChI is InChI=1S/C11H16F3N5OS/c1-16-6-15-19(10(16)21)7-17(2)8-3-4-18(9(8)20)5-11(12,13)14/h6,8H,3-5,7H2,1-2H3/t8-/m1/s1. The van der Waals surface area contributed by atoms with Crippen LogP contribution in [0, 0.1) is 4.77 Å². The molecule has 1 atom stereocenters. The van der Waals surface area contributed by atoms with Gasteiger partial charge in [0.1, 0.15) is 12.9 Å². The number of alkyl halides is 3. The molecule has 6 nitrogen and oxygen atoms in total. The first kappa shape index (κ1) is 16.0. The molecule has 0 spiro atoms. The Labute approximate surface area is 124 Å². The van der Waals surface area contributed by atoms with E-state index in [0.717, 1.165) is 4.90 Å². The Morgan fingerprint density at radius 2 is 2.19 bits per heavy atom. The number of halogens is 3. The molecule has 1 amide bonds. The molecular weight excluding hydrogens is 307 g/mol. The van der Waals surface area contributed by atoms with Crippen molar-refractivity contribution >= 4 is 18.1 Å². The zero-order chi connectivity index (χ0) is 15.8. The maximum atomic E-state index is 12.4. The van der Waals surface area contributed by atoms with Crippen molar-refractivity contribution < 1.29 is 18.0 Å². The molecule has 21 heavy (non-hydrogen) atoms. The lowest BCUT2D eigenvalue weighted by atomic mass is 10.2. The third kappa shape index (κ3) is 3.62. The average molecular weight is 323 g/mol. The summed E-state index contributed by atoms with van der Waals surface area (Å²) in [7, 11) is 3.42. The number of likely N-dealkylation sites (N-methyl/N-ethyl adjacent to an activating group) is 1. The number of carbonyl (C=O) groups excluding carboxylic acids is 1. The van der Waals surface area contributed by atoms with Crippen LogP contribution in [0.3, 0.4) is 0 Å².